The summed E-state index contributed by atoms with van der Waals surface area (Å²) in [7, 11) is 0. The van der Waals surface area contributed by atoms with E-state index in [0.717, 1.165) is 12.1 Å². The zero-order chi connectivity index (χ0) is 20.4. The lowest BCUT2D eigenvalue weighted by Crippen LogP contribution is -2.39. The van der Waals surface area contributed by atoms with Crippen molar-refractivity contribution in [3.8, 4) is 0 Å². The van der Waals surface area contributed by atoms with E-state index in [9.17, 15) is 23.1 Å². The van der Waals surface area contributed by atoms with Crippen LogP contribution in [0.3, 0.4) is 0 Å². The number of amides is 2. The highest BCUT2D eigenvalue weighted by Crippen LogP contribution is 2.42. The zero-order valence-electron chi connectivity index (χ0n) is 13.7. The molecule has 0 aliphatic carbocycles. The average molecular weight is 443 g/mol. The molecule has 0 bridgehead atoms. The average Bonchev–Trinajstić information content (AvgIpc) is 2.56. The standard InChI is InChI=1S/C16H13Cl3F3N3O2/c1-15(27,16(20,21)22)8-4-11(18)13(12(19)5-8)25-14(26)24-7-10-3-2-9(17)6-23-10/h2-6,27H,7H2,1H3,(H2,24,25,26). The highest BCUT2D eigenvalue weighted by atomic mass is 35.5. The number of aromatic nitrogens is 1. The number of nitrogens with one attached hydrogen (secondary N) is 2. The van der Waals surface area contributed by atoms with Crippen LogP contribution in [0.15, 0.2) is 30.5 Å². The molecule has 0 saturated heterocycles. The molecule has 146 valence electrons. The largest absolute Gasteiger partial charge is 0.421 e. The number of benzene rings is 1. The van der Waals surface area contributed by atoms with Crippen molar-refractivity contribution in [2.75, 3.05) is 5.32 Å². The molecule has 0 spiro atoms. The molecule has 0 saturated carbocycles. The van der Waals surface area contributed by atoms with Crippen molar-refractivity contribution in [2.24, 2.45) is 0 Å². The highest BCUT2D eigenvalue weighted by molar-refractivity contribution is 6.39. The molecule has 27 heavy (non-hydrogen) atoms. The smallest absolute Gasteiger partial charge is 0.376 e. The van der Waals surface area contributed by atoms with Gasteiger partial charge < -0.3 is 15.7 Å². The first-order valence-corrected chi connectivity index (χ1v) is 8.49. The second-order valence-corrected chi connectivity index (χ2v) is 6.91. The number of hydrogen-bond donors (Lipinski definition) is 3. The Hall–Kier alpha value is -1.74. The van der Waals surface area contributed by atoms with Crippen LogP contribution in [0.25, 0.3) is 0 Å². The lowest BCUT2D eigenvalue weighted by Gasteiger charge is -2.27. The van der Waals surface area contributed by atoms with Gasteiger partial charge in [0, 0.05) is 6.20 Å². The van der Waals surface area contributed by atoms with Gasteiger partial charge in [-0.3, -0.25) is 4.98 Å². The minimum Gasteiger partial charge on any atom is -0.376 e. The van der Waals surface area contributed by atoms with Crippen LogP contribution in [0, 0.1) is 0 Å². The summed E-state index contributed by atoms with van der Waals surface area (Å²) in [6.07, 6.45) is -3.52. The maximum absolute atomic E-state index is 12.9. The van der Waals surface area contributed by atoms with Crippen LogP contribution in [0.4, 0.5) is 23.7 Å². The molecule has 2 aromatic rings. The predicted molar refractivity (Wildman–Crippen MR) is 97.2 cm³/mol. The monoisotopic (exact) mass is 441 g/mol. The molecule has 1 aromatic carbocycles. The van der Waals surface area contributed by atoms with Gasteiger partial charge in [0.2, 0.25) is 0 Å². The molecule has 3 N–H and O–H groups in total. The Morgan fingerprint density at radius 2 is 1.78 bits per heavy atom. The third-order valence-corrected chi connectivity index (χ3v) is 4.43. The van der Waals surface area contributed by atoms with Gasteiger partial charge in [-0.25, -0.2) is 4.79 Å². The number of aliphatic hydroxyl groups is 1. The third-order valence-electron chi connectivity index (χ3n) is 3.61. The minimum atomic E-state index is -4.93. The fourth-order valence-corrected chi connectivity index (χ4v) is 2.67. The van der Waals surface area contributed by atoms with Gasteiger partial charge >= 0.3 is 12.2 Å². The van der Waals surface area contributed by atoms with Crippen molar-refractivity contribution in [1.82, 2.24) is 10.3 Å². The van der Waals surface area contributed by atoms with E-state index < -0.39 is 23.4 Å². The number of nitrogens with zero attached hydrogens (tertiary/aromatic N) is 1. The summed E-state index contributed by atoms with van der Waals surface area (Å²) in [5.41, 5.74) is -3.27. The first-order valence-electron chi connectivity index (χ1n) is 7.35. The zero-order valence-corrected chi connectivity index (χ0v) is 15.9. The molecule has 0 fully saturated rings. The second kappa shape index (κ2) is 8.10. The predicted octanol–water partition coefficient (Wildman–Crippen LogP) is 5.13. The molecule has 2 amide bonds. The number of carbonyl (C=O) groups is 1. The quantitative estimate of drug-likeness (QED) is 0.614. The molecule has 11 heteroatoms. The highest BCUT2D eigenvalue weighted by Gasteiger charge is 2.51. The SMILES string of the molecule is CC(O)(c1cc(Cl)c(NC(=O)NCc2ccc(Cl)cn2)c(Cl)c1)C(F)(F)F. The van der Waals surface area contributed by atoms with E-state index in [4.69, 9.17) is 34.8 Å². The molecule has 1 unspecified atom stereocenters. The number of rotatable bonds is 4. The van der Waals surface area contributed by atoms with Crippen molar-refractivity contribution < 1.29 is 23.1 Å². The summed E-state index contributed by atoms with van der Waals surface area (Å²) < 4.78 is 38.8. The summed E-state index contributed by atoms with van der Waals surface area (Å²) in [6.45, 7) is 0.646. The molecular weight excluding hydrogens is 430 g/mol. The Morgan fingerprint density at radius 3 is 2.26 bits per heavy atom. The van der Waals surface area contributed by atoms with Gasteiger partial charge in [-0.2, -0.15) is 13.2 Å². The summed E-state index contributed by atoms with van der Waals surface area (Å²) >= 11 is 17.6. The number of halogens is 6. The van der Waals surface area contributed by atoms with Crippen molar-refractivity contribution in [1.29, 1.82) is 0 Å². The van der Waals surface area contributed by atoms with Gasteiger partial charge in [0.05, 0.1) is 33.0 Å². The number of urea groups is 1. The van der Waals surface area contributed by atoms with Crippen LogP contribution in [0.1, 0.15) is 18.2 Å². The maximum Gasteiger partial charge on any atom is 0.421 e. The van der Waals surface area contributed by atoms with E-state index >= 15 is 0 Å². The lowest BCUT2D eigenvalue weighted by molar-refractivity contribution is -0.258. The van der Waals surface area contributed by atoms with Crippen molar-refractivity contribution in [2.45, 2.75) is 25.2 Å². The molecule has 0 aliphatic rings. The van der Waals surface area contributed by atoms with Gasteiger partial charge in [-0.15, -0.1) is 0 Å². The van der Waals surface area contributed by atoms with E-state index in [2.05, 4.69) is 15.6 Å². The van der Waals surface area contributed by atoms with Crippen molar-refractivity contribution >= 4 is 46.5 Å². The Morgan fingerprint density at radius 1 is 1.19 bits per heavy atom. The number of pyridine rings is 1. The summed E-state index contributed by atoms with van der Waals surface area (Å²) in [5.74, 6) is 0. The van der Waals surface area contributed by atoms with Gasteiger partial charge in [0.1, 0.15) is 0 Å². The van der Waals surface area contributed by atoms with Gasteiger partial charge in [-0.05, 0) is 36.8 Å². The van der Waals surface area contributed by atoms with E-state index in [1.165, 1.54) is 6.20 Å². The third kappa shape index (κ3) is 5.16. The van der Waals surface area contributed by atoms with Gasteiger partial charge in [0.25, 0.3) is 0 Å². The number of carbonyl (C=O) groups excluding carboxylic acids is 1. The Labute approximate surface area is 167 Å². The minimum absolute atomic E-state index is 0.0686. The molecule has 1 atom stereocenters. The van der Waals surface area contributed by atoms with Crippen LogP contribution < -0.4 is 10.6 Å². The van der Waals surface area contributed by atoms with Gasteiger partial charge in [-0.1, -0.05) is 34.8 Å². The van der Waals surface area contributed by atoms with E-state index in [1.807, 2.05) is 0 Å². The first-order chi connectivity index (χ1) is 12.4. The Bertz CT molecular complexity index is 820. The first kappa shape index (κ1) is 21.6. The molecule has 1 heterocycles. The second-order valence-electron chi connectivity index (χ2n) is 5.66. The molecule has 1 aromatic heterocycles. The fraction of sp³-hybridized carbons (Fsp3) is 0.250. The van der Waals surface area contributed by atoms with E-state index in [0.29, 0.717) is 17.6 Å². The molecular formula is C16H13Cl3F3N3O2. The Kier molecular flexibility index (Phi) is 6.47. The van der Waals surface area contributed by atoms with Crippen LogP contribution in [0.2, 0.25) is 15.1 Å². The topological polar surface area (TPSA) is 74.2 Å². The molecule has 5 nitrogen and oxygen atoms in total. The van der Waals surface area contributed by atoms with E-state index in [1.54, 1.807) is 12.1 Å². The van der Waals surface area contributed by atoms with Crippen LogP contribution >= 0.6 is 34.8 Å². The van der Waals surface area contributed by atoms with E-state index in [-0.39, 0.29) is 22.3 Å². The van der Waals surface area contributed by atoms with Crippen molar-refractivity contribution in [3.63, 3.8) is 0 Å². The Balaban J connectivity index is 2.12. The number of alkyl halides is 3. The summed E-state index contributed by atoms with van der Waals surface area (Å²) in [4.78, 5) is 16.0. The number of anilines is 1. The van der Waals surface area contributed by atoms with Crippen molar-refractivity contribution in [3.05, 3.63) is 56.8 Å². The maximum atomic E-state index is 12.9. The van der Waals surface area contributed by atoms with Crippen LogP contribution in [-0.4, -0.2) is 22.3 Å². The molecule has 2 rings (SSSR count). The molecule has 0 aliphatic heterocycles. The molecule has 0 radical (unpaired) electrons. The fourth-order valence-electron chi connectivity index (χ4n) is 1.98. The van der Waals surface area contributed by atoms with Crippen LogP contribution in [0.5, 0.6) is 0 Å². The normalized spacial score (nSPS) is 13.8. The van der Waals surface area contributed by atoms with Gasteiger partial charge in [0.15, 0.2) is 5.60 Å². The lowest BCUT2D eigenvalue weighted by atomic mass is 9.95. The number of hydrogen-bond acceptors (Lipinski definition) is 3. The summed E-state index contributed by atoms with van der Waals surface area (Å²) in [5, 5.41) is 14.5. The van der Waals surface area contributed by atoms with Crippen LogP contribution in [-0.2, 0) is 12.1 Å². The summed E-state index contributed by atoms with van der Waals surface area (Å²) in [6, 6.07) is 4.28.